The molecule has 2 aromatic rings. The van der Waals surface area contributed by atoms with E-state index in [0.717, 1.165) is 5.30 Å². The van der Waals surface area contributed by atoms with E-state index in [1.165, 1.54) is 11.4 Å². The second kappa shape index (κ2) is 6.15. The number of phenols is 1. The van der Waals surface area contributed by atoms with Crippen molar-refractivity contribution >= 4 is 33.7 Å². The van der Waals surface area contributed by atoms with E-state index in [4.69, 9.17) is 16.5 Å². The van der Waals surface area contributed by atoms with Gasteiger partial charge in [0.1, 0.15) is 11.5 Å². The van der Waals surface area contributed by atoms with E-state index in [1.807, 2.05) is 12.1 Å². The average molecular weight is 372 g/mol. The van der Waals surface area contributed by atoms with E-state index in [-0.39, 0.29) is 5.75 Å². The lowest BCUT2D eigenvalue weighted by atomic mass is 9.99. The van der Waals surface area contributed by atoms with Gasteiger partial charge in [-0.15, -0.1) is 11.4 Å². The van der Waals surface area contributed by atoms with Gasteiger partial charge < -0.3 is 9.84 Å². The molecule has 1 fully saturated rings. The number of hydrogen-bond donors (Lipinski definition) is 1. The van der Waals surface area contributed by atoms with Gasteiger partial charge in [-0.3, -0.25) is 0 Å². The molecule has 3 rings (SSSR count). The summed E-state index contributed by atoms with van der Waals surface area (Å²) in [5.74, 6) is 0.781. The van der Waals surface area contributed by atoms with Gasteiger partial charge in [0, 0.05) is 5.56 Å². The Labute approximate surface area is 149 Å². The van der Waals surface area contributed by atoms with E-state index < -0.39 is 15.6 Å². The van der Waals surface area contributed by atoms with Crippen molar-refractivity contribution < 1.29 is 9.84 Å². The van der Waals surface area contributed by atoms with Crippen LogP contribution in [0.1, 0.15) is 10.8 Å². The number of aromatic hydroxyl groups is 1. The maximum Gasteiger partial charge on any atom is 0.200 e. The van der Waals surface area contributed by atoms with E-state index in [2.05, 4.69) is 12.1 Å². The maximum absolute atomic E-state index is 10.1. The highest BCUT2D eigenvalue weighted by molar-refractivity contribution is 8.76. The summed E-state index contributed by atoms with van der Waals surface area (Å²) in [5.41, 5.74) is 0.583. The summed E-state index contributed by atoms with van der Waals surface area (Å²) in [6.07, 6.45) is 0. The monoisotopic (exact) mass is 372 g/mol. The van der Waals surface area contributed by atoms with Crippen LogP contribution in [0.4, 0.5) is 0 Å². The van der Waals surface area contributed by atoms with Crippen molar-refractivity contribution in [3.8, 4) is 23.6 Å². The Balaban J connectivity index is 2.08. The highest BCUT2D eigenvalue weighted by atomic mass is 32.9. The van der Waals surface area contributed by atoms with Crippen molar-refractivity contribution in [1.29, 1.82) is 10.5 Å². The molecule has 1 heterocycles. The fourth-order valence-corrected chi connectivity index (χ4v) is 10.8. The number of ether oxygens (including phenoxy) is 1. The largest absolute Gasteiger partial charge is 0.508 e. The number of methoxy groups -OCH3 is 1. The Morgan fingerprint density at radius 3 is 2.33 bits per heavy atom. The van der Waals surface area contributed by atoms with Crippen LogP contribution in [0.2, 0.25) is 0 Å². The standard InChI is InChI=1S/C17H13N2O2PS2/c1-21-12-6-8-13(9-7-12)22(23)17(10-18,11-19)16(24-22)14-4-2-3-5-15(14)20/h2-9,16,20H,1H3. The van der Waals surface area contributed by atoms with Crippen LogP contribution in [0.15, 0.2) is 48.5 Å². The minimum atomic E-state index is -2.50. The Bertz CT molecular complexity index is 901. The zero-order valence-corrected chi connectivity index (χ0v) is 15.2. The van der Waals surface area contributed by atoms with E-state index in [0.29, 0.717) is 11.3 Å². The van der Waals surface area contributed by atoms with Gasteiger partial charge in [0.2, 0.25) is 0 Å². The summed E-state index contributed by atoms with van der Waals surface area (Å²) in [6, 6.07) is 18.4. The lowest BCUT2D eigenvalue weighted by Crippen LogP contribution is -2.42. The number of para-hydroxylation sites is 1. The highest BCUT2D eigenvalue weighted by Gasteiger charge is 2.64. The van der Waals surface area contributed by atoms with Crippen LogP contribution in [0.25, 0.3) is 0 Å². The lowest BCUT2D eigenvalue weighted by Gasteiger charge is -2.49. The molecule has 0 amide bonds. The molecule has 0 aliphatic carbocycles. The summed E-state index contributed by atoms with van der Waals surface area (Å²) < 4.78 is 5.15. The van der Waals surface area contributed by atoms with Crippen LogP contribution < -0.4 is 10.0 Å². The Hall–Kier alpha value is -1.98. The molecule has 24 heavy (non-hydrogen) atoms. The third-order valence-corrected chi connectivity index (χ3v) is 13.0. The van der Waals surface area contributed by atoms with Crippen molar-refractivity contribution in [3.05, 3.63) is 54.1 Å². The molecule has 120 valence electrons. The Morgan fingerprint density at radius 2 is 1.79 bits per heavy atom. The summed E-state index contributed by atoms with van der Waals surface area (Å²) in [7, 11) is 1.58. The van der Waals surface area contributed by atoms with Crippen LogP contribution in [-0.2, 0) is 11.8 Å². The third-order valence-electron chi connectivity index (χ3n) is 4.07. The number of hydrogen-bond acceptors (Lipinski definition) is 6. The molecule has 1 saturated heterocycles. The van der Waals surface area contributed by atoms with Gasteiger partial charge in [0.25, 0.3) is 0 Å². The molecular weight excluding hydrogens is 359 g/mol. The molecule has 2 unspecified atom stereocenters. The SMILES string of the molecule is COc1ccc(P2(=S)SC(c3ccccc3O)C2(C#N)C#N)cc1. The third kappa shape index (κ3) is 2.23. The van der Waals surface area contributed by atoms with Crippen molar-refractivity contribution in [2.45, 2.75) is 10.4 Å². The predicted octanol–water partition coefficient (Wildman–Crippen LogP) is 3.69. The van der Waals surface area contributed by atoms with Gasteiger partial charge in [-0.25, -0.2) is 0 Å². The lowest BCUT2D eigenvalue weighted by molar-refractivity contribution is 0.415. The van der Waals surface area contributed by atoms with E-state index in [1.54, 1.807) is 43.5 Å². The first-order valence-electron chi connectivity index (χ1n) is 7.06. The molecule has 0 bridgehead atoms. The van der Waals surface area contributed by atoms with E-state index >= 15 is 0 Å². The number of nitriles is 2. The van der Waals surface area contributed by atoms with Crippen molar-refractivity contribution in [3.63, 3.8) is 0 Å². The second-order valence-corrected chi connectivity index (χ2v) is 12.9. The number of rotatable bonds is 3. The molecule has 7 heteroatoms. The zero-order chi connectivity index (χ0) is 17.4. The van der Waals surface area contributed by atoms with Crippen LogP contribution in [0, 0.1) is 22.7 Å². The molecule has 0 radical (unpaired) electrons. The zero-order valence-electron chi connectivity index (χ0n) is 12.7. The first-order valence-corrected chi connectivity index (χ1v) is 11.3. The topological polar surface area (TPSA) is 77.0 Å². The fourth-order valence-electron chi connectivity index (χ4n) is 2.72. The van der Waals surface area contributed by atoms with Crippen molar-refractivity contribution in [2.24, 2.45) is 0 Å². The molecule has 0 aromatic heterocycles. The van der Waals surface area contributed by atoms with Gasteiger partial charge in [0.15, 0.2) is 5.16 Å². The van der Waals surface area contributed by atoms with Gasteiger partial charge >= 0.3 is 0 Å². The average Bonchev–Trinajstić information content (AvgIpc) is 2.61. The number of benzene rings is 2. The van der Waals surface area contributed by atoms with Gasteiger partial charge in [0.05, 0.1) is 29.7 Å². The highest BCUT2D eigenvalue weighted by Crippen LogP contribution is 2.86. The van der Waals surface area contributed by atoms with Crippen LogP contribution in [0.3, 0.4) is 0 Å². The minimum Gasteiger partial charge on any atom is -0.508 e. The molecular formula is C17H13N2O2PS2. The molecule has 1 N–H and O–H groups in total. The van der Waals surface area contributed by atoms with E-state index in [9.17, 15) is 15.6 Å². The van der Waals surface area contributed by atoms with Crippen LogP contribution in [-0.4, -0.2) is 17.4 Å². The minimum absolute atomic E-state index is 0.0841. The number of phenolic OH excluding ortho intramolecular Hbond substituents is 1. The normalized spacial score (nSPS) is 24.2. The molecule has 1 aliphatic rings. The van der Waals surface area contributed by atoms with Gasteiger partial charge in [-0.05, 0) is 35.6 Å². The summed E-state index contributed by atoms with van der Waals surface area (Å²) >= 11 is 7.28. The second-order valence-electron chi connectivity index (χ2n) is 5.28. The predicted molar refractivity (Wildman–Crippen MR) is 99.3 cm³/mol. The Morgan fingerprint density at radius 1 is 1.17 bits per heavy atom. The summed E-state index contributed by atoms with van der Waals surface area (Å²) in [5, 5.41) is 26.3. The molecule has 1 aliphatic heterocycles. The molecule has 4 nitrogen and oxygen atoms in total. The van der Waals surface area contributed by atoms with Gasteiger partial charge in [-0.2, -0.15) is 10.5 Å². The maximum atomic E-state index is 10.1. The quantitative estimate of drug-likeness (QED) is 0.828. The molecule has 2 atom stereocenters. The van der Waals surface area contributed by atoms with Crippen molar-refractivity contribution in [2.75, 3.05) is 7.11 Å². The molecule has 2 aromatic carbocycles. The first kappa shape index (κ1) is 16.9. The van der Waals surface area contributed by atoms with Crippen LogP contribution in [0.5, 0.6) is 11.5 Å². The van der Waals surface area contributed by atoms with Crippen molar-refractivity contribution in [1.82, 2.24) is 0 Å². The molecule has 0 spiro atoms. The van der Waals surface area contributed by atoms with Gasteiger partial charge in [-0.1, -0.05) is 30.0 Å². The summed E-state index contributed by atoms with van der Waals surface area (Å²) in [6.45, 7) is 0. The fraction of sp³-hybridized carbons (Fsp3) is 0.176. The Kier molecular flexibility index (Phi) is 4.32. The van der Waals surface area contributed by atoms with Crippen LogP contribution >= 0.6 is 16.6 Å². The first-order chi connectivity index (χ1) is 11.5. The molecule has 0 saturated carbocycles. The smallest absolute Gasteiger partial charge is 0.200 e. The summed E-state index contributed by atoms with van der Waals surface area (Å²) in [4.78, 5) is 0. The number of nitrogens with zero attached hydrogens (tertiary/aromatic N) is 2.